The van der Waals surface area contributed by atoms with Gasteiger partial charge in [-0.15, -0.1) is 0 Å². The summed E-state index contributed by atoms with van der Waals surface area (Å²) in [6.07, 6.45) is 5.20. The summed E-state index contributed by atoms with van der Waals surface area (Å²) >= 11 is 3.72. The Balaban J connectivity index is 1.68. The lowest BCUT2D eigenvalue weighted by molar-refractivity contribution is -0.143. The van der Waals surface area contributed by atoms with Gasteiger partial charge in [0.1, 0.15) is 0 Å². The van der Waals surface area contributed by atoms with Crippen molar-refractivity contribution in [2.75, 3.05) is 44.8 Å². The van der Waals surface area contributed by atoms with Crippen molar-refractivity contribution in [1.29, 1.82) is 0 Å². The lowest BCUT2D eigenvalue weighted by Crippen LogP contribution is -2.50. The summed E-state index contributed by atoms with van der Waals surface area (Å²) in [5.74, 6) is -0.248. The van der Waals surface area contributed by atoms with Gasteiger partial charge >= 0.3 is 5.97 Å². The quantitative estimate of drug-likeness (QED) is 0.254. The maximum atomic E-state index is 11.7. The Kier molecular flexibility index (Phi) is 8.60. The predicted octanol–water partition coefficient (Wildman–Crippen LogP) is 6.61. The Bertz CT molecular complexity index is 1380. The van der Waals surface area contributed by atoms with Crippen LogP contribution in [-0.4, -0.2) is 66.4 Å². The number of methoxy groups -OCH3 is 1. The number of carbonyl (C=O) groups excluding carboxylic acids is 1. The molecular weight excluding hydrogens is 568 g/mol. The van der Waals surface area contributed by atoms with Crippen LogP contribution in [0.15, 0.2) is 34.9 Å². The third-order valence-electron chi connectivity index (χ3n) is 8.62. The number of aromatic nitrogens is 2. The fourth-order valence-electron chi connectivity index (χ4n) is 6.53. The van der Waals surface area contributed by atoms with Crippen LogP contribution in [-0.2, 0) is 27.2 Å². The number of halogens is 1. The Labute approximate surface area is 247 Å². The number of esters is 1. The molecule has 0 radical (unpaired) electrons. The van der Waals surface area contributed by atoms with E-state index >= 15 is 0 Å². The molecule has 2 atom stereocenters. The van der Waals surface area contributed by atoms with E-state index in [4.69, 9.17) is 14.5 Å². The van der Waals surface area contributed by atoms with Crippen molar-refractivity contribution < 1.29 is 14.3 Å². The van der Waals surface area contributed by atoms with Gasteiger partial charge in [-0.3, -0.25) is 14.7 Å². The smallest absolute Gasteiger partial charge is 0.302 e. The largest absolute Gasteiger partial charge is 0.465 e. The summed E-state index contributed by atoms with van der Waals surface area (Å²) in [4.78, 5) is 21.9. The number of anilines is 1. The number of hydrogen-bond donors (Lipinski definition) is 0. The average molecular weight is 612 g/mol. The maximum absolute atomic E-state index is 11.7. The second-order valence-corrected chi connectivity index (χ2v) is 13.1. The van der Waals surface area contributed by atoms with Crippen molar-refractivity contribution in [3.63, 3.8) is 0 Å². The van der Waals surface area contributed by atoms with Gasteiger partial charge in [-0.25, -0.2) is 0 Å². The second-order valence-electron chi connectivity index (χ2n) is 12.1. The molecule has 0 N–H and O–H groups in total. The fourth-order valence-corrected chi connectivity index (χ4v) is 6.89. The molecule has 0 amide bonds. The Morgan fingerprint density at radius 2 is 2.02 bits per heavy atom. The van der Waals surface area contributed by atoms with E-state index in [1.54, 1.807) is 7.11 Å². The third kappa shape index (κ3) is 5.81. The molecule has 2 aliphatic heterocycles. The van der Waals surface area contributed by atoms with Crippen molar-refractivity contribution in [2.45, 2.75) is 72.6 Å². The molecule has 4 heterocycles. The van der Waals surface area contributed by atoms with Gasteiger partial charge in [-0.05, 0) is 69.5 Å². The van der Waals surface area contributed by atoms with Crippen molar-refractivity contribution in [1.82, 2.24) is 14.5 Å². The van der Waals surface area contributed by atoms with E-state index in [9.17, 15) is 4.79 Å². The lowest BCUT2D eigenvalue weighted by Gasteiger charge is -2.39. The highest BCUT2D eigenvalue weighted by atomic mass is 79.9. The number of ether oxygens (including phenoxy) is 2. The van der Waals surface area contributed by atoms with Crippen LogP contribution in [0.4, 0.5) is 5.69 Å². The number of aryl methyl sites for hydroxylation is 1. The molecule has 0 aliphatic carbocycles. The van der Waals surface area contributed by atoms with Gasteiger partial charge in [0.15, 0.2) is 0 Å². The zero-order chi connectivity index (χ0) is 28.6. The number of rotatable bonds is 9. The molecule has 40 heavy (non-hydrogen) atoms. The minimum Gasteiger partial charge on any atom is -0.465 e. The highest BCUT2D eigenvalue weighted by molar-refractivity contribution is 9.10. The van der Waals surface area contributed by atoms with Gasteiger partial charge in [-0.1, -0.05) is 29.8 Å². The number of benzene rings is 1. The van der Waals surface area contributed by atoms with Crippen LogP contribution in [0, 0.1) is 5.41 Å². The molecule has 3 aromatic rings. The molecule has 216 valence electrons. The number of pyridine rings is 1. The van der Waals surface area contributed by atoms with Crippen LogP contribution in [0.1, 0.15) is 64.8 Å². The molecule has 8 heteroatoms. The monoisotopic (exact) mass is 610 g/mol. The predicted molar refractivity (Wildman–Crippen MR) is 165 cm³/mol. The van der Waals surface area contributed by atoms with E-state index < -0.39 is 0 Å². The van der Waals surface area contributed by atoms with Gasteiger partial charge in [0.25, 0.3) is 0 Å². The number of piperazine rings is 1. The van der Waals surface area contributed by atoms with E-state index in [1.165, 1.54) is 54.2 Å². The van der Waals surface area contributed by atoms with E-state index in [0.717, 1.165) is 48.3 Å². The van der Waals surface area contributed by atoms with Crippen LogP contribution in [0.25, 0.3) is 22.2 Å². The Hall–Kier alpha value is -2.42. The van der Waals surface area contributed by atoms with Crippen LogP contribution < -0.4 is 4.90 Å². The third-order valence-corrected chi connectivity index (χ3v) is 9.11. The summed E-state index contributed by atoms with van der Waals surface area (Å²) in [6.45, 7) is 15.7. The van der Waals surface area contributed by atoms with Crippen LogP contribution >= 0.6 is 15.9 Å². The molecule has 1 unspecified atom stereocenters. The molecule has 2 saturated heterocycles. The fraction of sp³-hybridized carbons (Fsp3) is 0.562. The maximum Gasteiger partial charge on any atom is 0.302 e. The van der Waals surface area contributed by atoms with E-state index in [0.29, 0.717) is 12.6 Å². The van der Waals surface area contributed by atoms with Gasteiger partial charge in [0, 0.05) is 72.6 Å². The molecule has 0 saturated carbocycles. The highest BCUT2D eigenvalue weighted by Gasteiger charge is 2.32. The van der Waals surface area contributed by atoms with Crippen molar-refractivity contribution in [3.8, 4) is 11.3 Å². The first-order valence-electron chi connectivity index (χ1n) is 14.6. The summed E-state index contributed by atoms with van der Waals surface area (Å²) in [5.41, 5.74) is 6.60. The second kappa shape index (κ2) is 11.8. The normalized spacial score (nSPS) is 18.8. The van der Waals surface area contributed by atoms with Gasteiger partial charge in [-0.2, -0.15) is 0 Å². The molecule has 0 bridgehead atoms. The van der Waals surface area contributed by atoms with Gasteiger partial charge in [0.2, 0.25) is 0 Å². The Morgan fingerprint density at radius 1 is 1.23 bits per heavy atom. The number of carbonyl (C=O) groups is 1. The summed E-state index contributed by atoms with van der Waals surface area (Å²) < 4.78 is 14.8. The summed E-state index contributed by atoms with van der Waals surface area (Å²) in [6, 6.07) is 9.51. The number of nitrogens with zero attached hydrogens (tertiary/aromatic N) is 4. The van der Waals surface area contributed by atoms with Gasteiger partial charge in [0.05, 0.1) is 36.0 Å². The van der Waals surface area contributed by atoms with E-state index in [1.807, 2.05) is 6.20 Å². The lowest BCUT2D eigenvalue weighted by atomic mass is 9.84. The average Bonchev–Trinajstić information content (AvgIpc) is 3.52. The molecule has 2 aromatic heterocycles. The van der Waals surface area contributed by atoms with E-state index in [-0.39, 0.29) is 17.5 Å². The zero-order valence-electron chi connectivity index (χ0n) is 24.8. The highest BCUT2D eigenvalue weighted by Crippen LogP contribution is 2.42. The van der Waals surface area contributed by atoms with Gasteiger partial charge < -0.3 is 18.9 Å². The Morgan fingerprint density at radius 3 is 2.75 bits per heavy atom. The SMILES string of the molecule is CCn1c(-c2cc(N3CCN4CCCC4C3)cnc2[C@H](C)OC)c(CC(C)(C)COC(C)=O)c2cc(Br)ccc21. The molecule has 1 aromatic carbocycles. The first kappa shape index (κ1) is 29.1. The molecule has 5 rings (SSSR count). The van der Waals surface area contributed by atoms with Crippen LogP contribution in [0.3, 0.4) is 0 Å². The molecular formula is C32H43BrN4O3. The summed E-state index contributed by atoms with van der Waals surface area (Å²) in [5, 5.41) is 1.21. The van der Waals surface area contributed by atoms with Crippen molar-refractivity contribution in [3.05, 3.63) is 46.2 Å². The first-order chi connectivity index (χ1) is 19.1. The minimum absolute atomic E-state index is 0.160. The van der Waals surface area contributed by atoms with Crippen molar-refractivity contribution >= 4 is 38.5 Å². The standard InChI is InChI=1S/C32H43BrN4O3/c1-7-37-29-11-10-23(33)15-26(29)28(17-32(4,5)20-40-22(3)38)31(37)27-16-25(18-34-30(27)21(2)39-6)36-14-13-35-12-8-9-24(35)19-36/h10-11,15-16,18,21,24H,7-9,12-14,17,19-20H2,1-6H3/t21-,24?/m0/s1. The number of hydrogen-bond acceptors (Lipinski definition) is 6. The van der Waals surface area contributed by atoms with E-state index in [2.05, 4.69) is 82.3 Å². The topological polar surface area (TPSA) is 59.8 Å². The first-order valence-corrected chi connectivity index (χ1v) is 15.4. The molecule has 2 fully saturated rings. The minimum atomic E-state index is -0.257. The molecule has 0 spiro atoms. The van der Waals surface area contributed by atoms with Crippen LogP contribution in [0.5, 0.6) is 0 Å². The summed E-state index contributed by atoms with van der Waals surface area (Å²) in [7, 11) is 1.75. The van der Waals surface area contributed by atoms with Crippen LogP contribution in [0.2, 0.25) is 0 Å². The molecule has 7 nitrogen and oxygen atoms in total. The zero-order valence-corrected chi connectivity index (χ0v) is 26.4. The molecule has 2 aliphatic rings. The number of fused-ring (bicyclic) bond motifs is 2. The van der Waals surface area contributed by atoms with Crippen molar-refractivity contribution in [2.24, 2.45) is 5.41 Å².